The number of hydrogen-bond acceptors (Lipinski definition) is 5. The van der Waals surface area contributed by atoms with Crippen LogP contribution in [0.15, 0.2) is 28.9 Å². The number of nitrogens with zero attached hydrogens (tertiary/aromatic N) is 3. The fourth-order valence-corrected chi connectivity index (χ4v) is 4.92. The molecule has 2 fully saturated rings. The number of amides is 2. The molecule has 0 bridgehead atoms. The third-order valence-electron chi connectivity index (χ3n) is 6.51. The Hall–Kier alpha value is -2.54. The summed E-state index contributed by atoms with van der Waals surface area (Å²) in [6.07, 6.45) is 3.18. The zero-order chi connectivity index (χ0) is 22.0. The number of methoxy groups -OCH3 is 1. The van der Waals surface area contributed by atoms with Crippen LogP contribution in [-0.2, 0) is 16.0 Å². The normalized spacial score (nSPS) is 22.7. The van der Waals surface area contributed by atoms with Gasteiger partial charge in [-0.2, -0.15) is 0 Å². The molecule has 2 unspecified atom stereocenters. The fraction of sp³-hybridized carbons (Fsp3) is 0.583. The van der Waals surface area contributed by atoms with Crippen LogP contribution in [0.2, 0.25) is 0 Å². The first-order valence-electron chi connectivity index (χ1n) is 11.2. The number of piperidine rings is 1. The largest absolute Gasteiger partial charge is 0.497 e. The van der Waals surface area contributed by atoms with Gasteiger partial charge in [0.15, 0.2) is 0 Å². The number of ether oxygens (including phenoxy) is 1. The van der Waals surface area contributed by atoms with E-state index in [2.05, 4.69) is 18.7 Å². The first kappa shape index (κ1) is 21.7. The third kappa shape index (κ3) is 5.03. The van der Waals surface area contributed by atoms with Crippen LogP contribution in [-0.4, -0.2) is 79.4 Å². The van der Waals surface area contributed by atoms with Crippen LogP contribution in [0.5, 0.6) is 5.75 Å². The molecule has 3 heterocycles. The predicted molar refractivity (Wildman–Crippen MR) is 119 cm³/mol. The lowest BCUT2D eigenvalue weighted by atomic mass is 9.92. The topological polar surface area (TPSA) is 66.2 Å². The summed E-state index contributed by atoms with van der Waals surface area (Å²) in [4.78, 5) is 31.7. The van der Waals surface area contributed by atoms with Crippen LogP contribution in [0.3, 0.4) is 0 Å². The Balaban J connectivity index is 1.28. The number of benzene rings is 1. The zero-order valence-electron chi connectivity index (χ0n) is 18.8. The van der Waals surface area contributed by atoms with Gasteiger partial charge >= 0.3 is 0 Å². The molecule has 1 aromatic heterocycles. The molecule has 168 valence electrons. The van der Waals surface area contributed by atoms with Crippen LogP contribution in [0, 0.1) is 11.8 Å². The van der Waals surface area contributed by atoms with Crippen LogP contribution in [0.4, 0.5) is 0 Å². The number of rotatable bonds is 5. The molecule has 7 heteroatoms. The Bertz CT molecular complexity index is 922. The lowest BCUT2D eigenvalue weighted by Gasteiger charge is -2.38. The van der Waals surface area contributed by atoms with Gasteiger partial charge in [-0.15, -0.1) is 0 Å². The Kier molecular flexibility index (Phi) is 6.51. The Morgan fingerprint density at radius 1 is 1.03 bits per heavy atom. The molecular formula is C24H33N3O4. The van der Waals surface area contributed by atoms with E-state index < -0.39 is 0 Å². The van der Waals surface area contributed by atoms with Crippen LogP contribution in [0.25, 0.3) is 11.0 Å². The average Bonchev–Trinajstić information content (AvgIpc) is 3.15. The SMILES string of the molecule is COc1ccc2c(CC(=O)N3CCN(CC(=O)N4CC(C)CC(C)C4)CC3)coc2c1. The Morgan fingerprint density at radius 3 is 2.42 bits per heavy atom. The standard InChI is InChI=1S/C24H33N3O4/c1-17-10-18(2)14-27(13-17)24(29)15-25-6-8-26(9-7-25)23(28)11-19-16-31-22-12-20(30-3)4-5-21(19)22/h4-5,12,16-18H,6-11,13-15H2,1-3H3. The number of likely N-dealkylation sites (tertiary alicyclic amines) is 1. The van der Waals surface area contributed by atoms with Gasteiger partial charge in [-0.25, -0.2) is 0 Å². The van der Waals surface area contributed by atoms with Crippen molar-refractivity contribution in [2.45, 2.75) is 26.7 Å². The zero-order valence-corrected chi connectivity index (χ0v) is 18.8. The summed E-state index contributed by atoms with van der Waals surface area (Å²) in [7, 11) is 1.62. The van der Waals surface area contributed by atoms with Crippen LogP contribution >= 0.6 is 0 Å². The quantitative estimate of drug-likeness (QED) is 0.734. The monoisotopic (exact) mass is 427 g/mol. The van der Waals surface area contributed by atoms with Crippen molar-refractivity contribution in [2.24, 2.45) is 11.8 Å². The summed E-state index contributed by atoms with van der Waals surface area (Å²) in [5, 5.41) is 0.948. The van der Waals surface area contributed by atoms with E-state index in [0.29, 0.717) is 37.9 Å². The van der Waals surface area contributed by atoms with Crippen LogP contribution in [0.1, 0.15) is 25.8 Å². The van der Waals surface area contributed by atoms with Gasteiger partial charge in [-0.1, -0.05) is 13.8 Å². The van der Waals surface area contributed by atoms with Crippen LogP contribution < -0.4 is 4.74 Å². The molecule has 0 saturated carbocycles. The molecular weight excluding hydrogens is 394 g/mol. The number of carbonyl (C=O) groups is 2. The number of piperazine rings is 1. The highest BCUT2D eigenvalue weighted by molar-refractivity contribution is 5.88. The molecule has 2 aliphatic rings. The van der Waals surface area contributed by atoms with Crippen molar-refractivity contribution >= 4 is 22.8 Å². The lowest BCUT2D eigenvalue weighted by molar-refractivity contribution is -0.136. The maximum absolute atomic E-state index is 12.8. The molecule has 2 aromatic rings. The van der Waals surface area contributed by atoms with Crippen molar-refractivity contribution < 1.29 is 18.7 Å². The maximum atomic E-state index is 12.8. The molecule has 0 aliphatic carbocycles. The Morgan fingerprint density at radius 2 is 1.74 bits per heavy atom. The summed E-state index contributed by atoms with van der Waals surface area (Å²) in [6.45, 7) is 9.42. The molecule has 2 atom stereocenters. The van der Waals surface area contributed by atoms with E-state index in [-0.39, 0.29) is 11.8 Å². The number of fused-ring (bicyclic) bond motifs is 1. The fourth-order valence-electron chi connectivity index (χ4n) is 4.92. The van der Waals surface area contributed by atoms with Crippen molar-refractivity contribution in [3.05, 3.63) is 30.0 Å². The Labute approximate surface area is 183 Å². The van der Waals surface area contributed by atoms with Crippen molar-refractivity contribution in [1.82, 2.24) is 14.7 Å². The van der Waals surface area contributed by atoms with Gasteiger partial charge < -0.3 is 19.0 Å². The van der Waals surface area contributed by atoms with E-state index in [1.165, 1.54) is 6.42 Å². The molecule has 4 rings (SSSR count). The maximum Gasteiger partial charge on any atom is 0.236 e. The summed E-state index contributed by atoms with van der Waals surface area (Å²) >= 11 is 0. The van der Waals surface area contributed by atoms with Gasteiger partial charge in [0.1, 0.15) is 11.3 Å². The molecule has 0 N–H and O–H groups in total. The van der Waals surface area contributed by atoms with Crippen molar-refractivity contribution in [3.63, 3.8) is 0 Å². The molecule has 7 nitrogen and oxygen atoms in total. The third-order valence-corrected chi connectivity index (χ3v) is 6.51. The first-order chi connectivity index (χ1) is 14.9. The van der Waals surface area contributed by atoms with E-state index in [1.54, 1.807) is 13.4 Å². The van der Waals surface area contributed by atoms with E-state index in [0.717, 1.165) is 48.5 Å². The highest BCUT2D eigenvalue weighted by Crippen LogP contribution is 2.26. The number of carbonyl (C=O) groups excluding carboxylic acids is 2. The minimum absolute atomic E-state index is 0.100. The second kappa shape index (κ2) is 9.30. The molecule has 2 aliphatic heterocycles. The van der Waals surface area contributed by atoms with Gasteiger partial charge in [-0.3, -0.25) is 14.5 Å². The van der Waals surface area contributed by atoms with Gasteiger partial charge in [0.05, 0.1) is 26.3 Å². The lowest BCUT2D eigenvalue weighted by Crippen LogP contribution is -2.53. The highest BCUT2D eigenvalue weighted by Gasteiger charge is 2.28. The summed E-state index contributed by atoms with van der Waals surface area (Å²) < 4.78 is 10.8. The van der Waals surface area contributed by atoms with E-state index in [1.807, 2.05) is 28.0 Å². The summed E-state index contributed by atoms with van der Waals surface area (Å²) in [6, 6.07) is 5.65. The molecule has 2 amide bonds. The van der Waals surface area contributed by atoms with E-state index in [4.69, 9.17) is 9.15 Å². The highest BCUT2D eigenvalue weighted by atomic mass is 16.5. The van der Waals surface area contributed by atoms with Gasteiger partial charge in [-0.05, 0) is 30.4 Å². The molecule has 1 aromatic carbocycles. The number of furan rings is 1. The minimum atomic E-state index is 0.100. The van der Waals surface area contributed by atoms with E-state index in [9.17, 15) is 9.59 Å². The van der Waals surface area contributed by atoms with E-state index >= 15 is 0 Å². The van der Waals surface area contributed by atoms with Crippen molar-refractivity contribution in [1.29, 1.82) is 0 Å². The minimum Gasteiger partial charge on any atom is -0.497 e. The summed E-state index contributed by atoms with van der Waals surface area (Å²) in [5.74, 6) is 2.20. The van der Waals surface area contributed by atoms with Gasteiger partial charge in [0.2, 0.25) is 11.8 Å². The summed E-state index contributed by atoms with van der Waals surface area (Å²) in [5.41, 5.74) is 1.63. The molecule has 0 radical (unpaired) electrons. The average molecular weight is 428 g/mol. The molecule has 0 spiro atoms. The second-order valence-electron chi connectivity index (χ2n) is 9.20. The smallest absolute Gasteiger partial charge is 0.236 e. The second-order valence-corrected chi connectivity index (χ2v) is 9.20. The number of hydrogen-bond donors (Lipinski definition) is 0. The molecule has 2 saturated heterocycles. The van der Waals surface area contributed by atoms with Gasteiger partial charge in [0.25, 0.3) is 0 Å². The van der Waals surface area contributed by atoms with Crippen molar-refractivity contribution in [3.8, 4) is 5.75 Å². The first-order valence-corrected chi connectivity index (χ1v) is 11.2. The molecule has 31 heavy (non-hydrogen) atoms. The van der Waals surface area contributed by atoms with Gasteiger partial charge in [0, 0.05) is 56.3 Å². The van der Waals surface area contributed by atoms with Crippen molar-refractivity contribution in [2.75, 3.05) is 52.9 Å². The predicted octanol–water partition coefficient (Wildman–Crippen LogP) is 2.63.